The van der Waals surface area contributed by atoms with E-state index in [9.17, 15) is 14.0 Å². The second-order valence-electron chi connectivity index (χ2n) is 4.87. The topological polar surface area (TPSA) is 66.6 Å². The zero-order valence-corrected chi connectivity index (χ0v) is 12.0. The van der Waals surface area contributed by atoms with Gasteiger partial charge in [-0.3, -0.25) is 14.5 Å². The van der Waals surface area contributed by atoms with Crippen LogP contribution in [0.25, 0.3) is 0 Å². The number of amides is 2. The molecule has 1 atom stereocenters. The smallest absolute Gasteiger partial charge is 0.236 e. The Morgan fingerprint density at radius 2 is 1.75 bits per heavy atom. The number of benzene rings is 1. The third-order valence-corrected chi connectivity index (χ3v) is 3.16. The summed E-state index contributed by atoms with van der Waals surface area (Å²) in [4.78, 5) is 26.0. The Labute approximate surface area is 118 Å². The van der Waals surface area contributed by atoms with Gasteiger partial charge in [0.2, 0.25) is 11.8 Å². The first-order chi connectivity index (χ1) is 9.31. The van der Waals surface area contributed by atoms with E-state index in [0.717, 1.165) is 5.56 Å². The van der Waals surface area contributed by atoms with Crippen molar-refractivity contribution in [2.24, 2.45) is 5.73 Å². The Balaban J connectivity index is 2.64. The molecule has 110 valence electrons. The van der Waals surface area contributed by atoms with Crippen LogP contribution >= 0.6 is 0 Å². The van der Waals surface area contributed by atoms with Crippen LogP contribution in [0.5, 0.6) is 0 Å². The predicted octanol–water partition coefficient (Wildman–Crippen LogP) is 0.762. The fourth-order valence-electron chi connectivity index (χ4n) is 1.85. The van der Waals surface area contributed by atoms with E-state index < -0.39 is 5.91 Å². The highest BCUT2D eigenvalue weighted by molar-refractivity contribution is 5.80. The SMILES string of the molecule is CC(c1ccc(F)cc1)N(C)C(=O)CN(C)CC(N)=O. The number of hydrogen-bond acceptors (Lipinski definition) is 3. The number of hydrogen-bond donors (Lipinski definition) is 1. The maximum Gasteiger partial charge on any atom is 0.236 e. The molecule has 1 unspecified atom stereocenters. The van der Waals surface area contributed by atoms with Crippen LogP contribution in [0.4, 0.5) is 4.39 Å². The zero-order chi connectivity index (χ0) is 15.3. The van der Waals surface area contributed by atoms with E-state index in [2.05, 4.69) is 0 Å². The van der Waals surface area contributed by atoms with E-state index in [1.807, 2.05) is 6.92 Å². The standard InChI is InChI=1S/C14H20FN3O2/c1-10(11-4-6-12(15)7-5-11)18(3)14(20)9-17(2)8-13(16)19/h4-7,10H,8-9H2,1-3H3,(H2,16,19). The van der Waals surface area contributed by atoms with Crippen molar-refractivity contribution in [3.8, 4) is 0 Å². The van der Waals surface area contributed by atoms with Gasteiger partial charge < -0.3 is 10.6 Å². The number of primary amides is 1. The van der Waals surface area contributed by atoms with Crippen molar-refractivity contribution in [3.05, 3.63) is 35.6 Å². The highest BCUT2D eigenvalue weighted by Crippen LogP contribution is 2.19. The Bertz CT molecular complexity index is 476. The van der Waals surface area contributed by atoms with Crippen molar-refractivity contribution >= 4 is 11.8 Å². The molecule has 0 aliphatic heterocycles. The molecule has 1 rings (SSSR count). The normalized spacial score (nSPS) is 12.2. The van der Waals surface area contributed by atoms with Crippen molar-refractivity contribution in [1.29, 1.82) is 0 Å². The highest BCUT2D eigenvalue weighted by atomic mass is 19.1. The van der Waals surface area contributed by atoms with Gasteiger partial charge in [-0.05, 0) is 31.7 Å². The summed E-state index contributed by atoms with van der Waals surface area (Å²) in [6.07, 6.45) is 0. The van der Waals surface area contributed by atoms with E-state index in [1.54, 1.807) is 36.0 Å². The van der Waals surface area contributed by atoms with Gasteiger partial charge in [0.25, 0.3) is 0 Å². The van der Waals surface area contributed by atoms with E-state index in [1.165, 1.54) is 12.1 Å². The van der Waals surface area contributed by atoms with Crippen molar-refractivity contribution in [2.75, 3.05) is 27.2 Å². The number of carbonyl (C=O) groups is 2. The third-order valence-electron chi connectivity index (χ3n) is 3.16. The molecule has 5 nitrogen and oxygen atoms in total. The Morgan fingerprint density at radius 1 is 1.20 bits per heavy atom. The lowest BCUT2D eigenvalue weighted by molar-refractivity contribution is -0.133. The molecule has 20 heavy (non-hydrogen) atoms. The molecule has 1 aromatic carbocycles. The van der Waals surface area contributed by atoms with Crippen LogP contribution in [-0.2, 0) is 9.59 Å². The summed E-state index contributed by atoms with van der Waals surface area (Å²) in [7, 11) is 3.33. The van der Waals surface area contributed by atoms with Crippen LogP contribution < -0.4 is 5.73 Å². The quantitative estimate of drug-likeness (QED) is 0.837. The van der Waals surface area contributed by atoms with Crippen LogP contribution in [0.1, 0.15) is 18.5 Å². The second kappa shape index (κ2) is 7.00. The molecule has 0 saturated carbocycles. The number of nitrogens with two attached hydrogens (primary N) is 1. The summed E-state index contributed by atoms with van der Waals surface area (Å²) in [5.41, 5.74) is 5.92. The summed E-state index contributed by atoms with van der Waals surface area (Å²) in [6, 6.07) is 5.85. The molecule has 6 heteroatoms. The molecule has 0 heterocycles. The zero-order valence-electron chi connectivity index (χ0n) is 12.0. The Morgan fingerprint density at radius 3 is 2.25 bits per heavy atom. The number of halogens is 1. The molecule has 2 amide bonds. The predicted molar refractivity (Wildman–Crippen MR) is 74.3 cm³/mol. The molecular weight excluding hydrogens is 261 g/mol. The van der Waals surface area contributed by atoms with Gasteiger partial charge in [0.1, 0.15) is 5.82 Å². The minimum Gasteiger partial charge on any atom is -0.369 e. The van der Waals surface area contributed by atoms with Gasteiger partial charge in [-0.1, -0.05) is 12.1 Å². The van der Waals surface area contributed by atoms with Crippen molar-refractivity contribution in [1.82, 2.24) is 9.80 Å². The lowest BCUT2D eigenvalue weighted by Crippen LogP contribution is -2.40. The van der Waals surface area contributed by atoms with Gasteiger partial charge in [-0.15, -0.1) is 0 Å². The molecule has 0 radical (unpaired) electrons. The fourth-order valence-corrected chi connectivity index (χ4v) is 1.85. The van der Waals surface area contributed by atoms with E-state index >= 15 is 0 Å². The molecular formula is C14H20FN3O2. The minimum absolute atomic E-state index is 0.0323. The van der Waals surface area contributed by atoms with Gasteiger partial charge in [0.05, 0.1) is 19.1 Å². The summed E-state index contributed by atoms with van der Waals surface area (Å²) in [6.45, 7) is 1.99. The van der Waals surface area contributed by atoms with Crippen LogP contribution in [-0.4, -0.2) is 48.8 Å². The monoisotopic (exact) mass is 281 g/mol. The van der Waals surface area contributed by atoms with Gasteiger partial charge in [-0.25, -0.2) is 4.39 Å². The molecule has 0 aliphatic carbocycles. The average Bonchev–Trinajstić information content (AvgIpc) is 2.36. The fraction of sp³-hybridized carbons (Fsp3) is 0.429. The highest BCUT2D eigenvalue weighted by Gasteiger charge is 2.19. The average molecular weight is 281 g/mol. The van der Waals surface area contributed by atoms with Crippen molar-refractivity contribution in [2.45, 2.75) is 13.0 Å². The van der Waals surface area contributed by atoms with Crippen molar-refractivity contribution < 1.29 is 14.0 Å². The van der Waals surface area contributed by atoms with E-state index in [4.69, 9.17) is 5.73 Å². The summed E-state index contributed by atoms with van der Waals surface area (Å²) in [5.74, 6) is -0.920. The van der Waals surface area contributed by atoms with Crippen LogP contribution in [0.2, 0.25) is 0 Å². The van der Waals surface area contributed by atoms with Gasteiger partial charge in [-0.2, -0.15) is 0 Å². The van der Waals surface area contributed by atoms with E-state index in [-0.39, 0.29) is 30.9 Å². The molecule has 2 N–H and O–H groups in total. The largest absolute Gasteiger partial charge is 0.369 e. The first-order valence-corrected chi connectivity index (χ1v) is 6.29. The summed E-state index contributed by atoms with van der Waals surface area (Å²) >= 11 is 0. The Kier molecular flexibility index (Phi) is 5.64. The lowest BCUT2D eigenvalue weighted by Gasteiger charge is -2.27. The molecule has 1 aromatic rings. The van der Waals surface area contributed by atoms with Crippen LogP contribution in [0.3, 0.4) is 0 Å². The van der Waals surface area contributed by atoms with E-state index in [0.29, 0.717) is 0 Å². The first kappa shape index (κ1) is 16.1. The first-order valence-electron chi connectivity index (χ1n) is 6.29. The Hall–Kier alpha value is -1.95. The number of carbonyl (C=O) groups excluding carboxylic acids is 2. The van der Waals surface area contributed by atoms with Gasteiger partial charge in [0, 0.05) is 7.05 Å². The number of rotatable bonds is 6. The van der Waals surface area contributed by atoms with Crippen LogP contribution in [0.15, 0.2) is 24.3 Å². The second-order valence-corrected chi connectivity index (χ2v) is 4.87. The molecule has 0 saturated heterocycles. The summed E-state index contributed by atoms with van der Waals surface area (Å²) in [5, 5.41) is 0. The van der Waals surface area contributed by atoms with Crippen molar-refractivity contribution in [3.63, 3.8) is 0 Å². The molecule has 0 bridgehead atoms. The molecule has 0 fully saturated rings. The molecule has 0 aliphatic rings. The molecule has 0 aromatic heterocycles. The molecule has 0 spiro atoms. The number of nitrogens with zero attached hydrogens (tertiary/aromatic N) is 2. The minimum atomic E-state index is -0.477. The summed E-state index contributed by atoms with van der Waals surface area (Å²) < 4.78 is 12.9. The van der Waals surface area contributed by atoms with Crippen LogP contribution in [0, 0.1) is 5.82 Å². The maximum atomic E-state index is 12.9. The van der Waals surface area contributed by atoms with Gasteiger partial charge in [0.15, 0.2) is 0 Å². The van der Waals surface area contributed by atoms with Gasteiger partial charge >= 0.3 is 0 Å². The lowest BCUT2D eigenvalue weighted by atomic mass is 10.1. The number of likely N-dealkylation sites (N-methyl/N-ethyl adjacent to an activating group) is 2. The maximum absolute atomic E-state index is 12.9. The third kappa shape index (κ3) is 4.62.